The third-order valence-electron chi connectivity index (χ3n) is 3.42. The molecule has 0 aliphatic rings. The predicted octanol–water partition coefficient (Wildman–Crippen LogP) is 4.81. The second-order valence-corrected chi connectivity index (χ2v) is 6.19. The van der Waals surface area contributed by atoms with Crippen LogP contribution in [0.25, 0.3) is 0 Å². The molecule has 21 heavy (non-hydrogen) atoms. The zero-order valence-corrected chi connectivity index (χ0v) is 13.9. The van der Waals surface area contributed by atoms with Crippen molar-refractivity contribution in [2.24, 2.45) is 0 Å². The molecule has 110 valence electrons. The van der Waals surface area contributed by atoms with Crippen LogP contribution in [0, 0.1) is 13.7 Å². The Morgan fingerprint density at radius 3 is 2.62 bits per heavy atom. The molecule has 0 saturated heterocycles. The van der Waals surface area contributed by atoms with Crippen LogP contribution in [0.15, 0.2) is 48.5 Å². The Hall–Kier alpha value is -1.63. The lowest BCUT2D eigenvalue weighted by molar-refractivity contribution is -0.384. The number of anilines is 1. The van der Waals surface area contributed by atoms with Gasteiger partial charge in [-0.1, -0.05) is 37.3 Å². The zero-order valence-electron chi connectivity index (χ0n) is 11.8. The van der Waals surface area contributed by atoms with Crippen LogP contribution in [0.5, 0.6) is 0 Å². The Morgan fingerprint density at radius 2 is 1.95 bits per heavy atom. The van der Waals surface area contributed by atoms with Gasteiger partial charge in [0.25, 0.3) is 5.69 Å². The van der Waals surface area contributed by atoms with Crippen LogP contribution < -0.4 is 5.32 Å². The topological polar surface area (TPSA) is 55.2 Å². The van der Waals surface area contributed by atoms with Crippen molar-refractivity contribution in [1.29, 1.82) is 0 Å². The van der Waals surface area contributed by atoms with Gasteiger partial charge in [0.05, 0.1) is 4.92 Å². The molecule has 1 unspecified atom stereocenters. The summed E-state index contributed by atoms with van der Waals surface area (Å²) in [7, 11) is 0. The van der Waals surface area contributed by atoms with Gasteiger partial charge in [0.2, 0.25) is 0 Å². The van der Waals surface area contributed by atoms with Crippen molar-refractivity contribution in [1.82, 2.24) is 0 Å². The lowest BCUT2D eigenvalue weighted by atomic mass is 9.98. The minimum Gasteiger partial charge on any atom is -0.379 e. The van der Waals surface area contributed by atoms with E-state index >= 15 is 0 Å². The summed E-state index contributed by atoms with van der Waals surface area (Å²) in [5.41, 5.74) is 2.01. The first-order valence-corrected chi connectivity index (χ1v) is 7.88. The van der Waals surface area contributed by atoms with Gasteiger partial charge in [-0.3, -0.25) is 10.1 Å². The number of hydrogen-bond acceptors (Lipinski definition) is 3. The Balaban J connectivity index is 1.96. The molecule has 0 aliphatic heterocycles. The van der Waals surface area contributed by atoms with Crippen LogP contribution in [0.2, 0.25) is 0 Å². The number of nitro groups is 1. The van der Waals surface area contributed by atoms with E-state index in [9.17, 15) is 10.1 Å². The van der Waals surface area contributed by atoms with Crippen LogP contribution >= 0.6 is 22.6 Å². The molecule has 0 aliphatic carbocycles. The summed E-state index contributed by atoms with van der Waals surface area (Å²) in [6, 6.07) is 15.5. The van der Waals surface area contributed by atoms with Crippen LogP contribution in [-0.4, -0.2) is 11.5 Å². The Labute approximate surface area is 137 Å². The average Bonchev–Trinajstić information content (AvgIpc) is 2.49. The van der Waals surface area contributed by atoms with Crippen LogP contribution in [0.1, 0.15) is 24.8 Å². The SMILES string of the molecule is CC(CCNc1ccc(I)cc1[N+](=O)[O-])c1ccccc1. The fraction of sp³-hybridized carbons (Fsp3) is 0.250. The highest BCUT2D eigenvalue weighted by Gasteiger charge is 2.14. The second kappa shape index (κ2) is 7.40. The molecular formula is C16H17IN2O2. The second-order valence-electron chi connectivity index (χ2n) is 4.95. The number of nitrogens with zero attached hydrogens (tertiary/aromatic N) is 1. The van der Waals surface area contributed by atoms with Crippen molar-refractivity contribution in [3.63, 3.8) is 0 Å². The van der Waals surface area contributed by atoms with Gasteiger partial charge in [0.1, 0.15) is 5.69 Å². The molecule has 0 saturated carbocycles. The van der Waals surface area contributed by atoms with Gasteiger partial charge < -0.3 is 5.32 Å². The van der Waals surface area contributed by atoms with Crippen molar-refractivity contribution < 1.29 is 4.92 Å². The summed E-state index contributed by atoms with van der Waals surface area (Å²) >= 11 is 2.08. The lowest BCUT2D eigenvalue weighted by Crippen LogP contribution is -2.07. The van der Waals surface area contributed by atoms with Crippen molar-refractivity contribution >= 4 is 34.0 Å². The largest absolute Gasteiger partial charge is 0.379 e. The van der Waals surface area contributed by atoms with Crippen molar-refractivity contribution in [3.8, 4) is 0 Å². The number of nitrogens with one attached hydrogen (secondary N) is 1. The number of rotatable bonds is 6. The van der Waals surface area contributed by atoms with E-state index in [0.29, 0.717) is 18.2 Å². The summed E-state index contributed by atoms with van der Waals surface area (Å²) in [5.74, 6) is 0.418. The van der Waals surface area contributed by atoms with Crippen molar-refractivity contribution in [3.05, 3.63) is 67.8 Å². The van der Waals surface area contributed by atoms with E-state index in [1.54, 1.807) is 12.1 Å². The molecular weight excluding hydrogens is 379 g/mol. The standard InChI is InChI=1S/C16H17IN2O2/c1-12(13-5-3-2-4-6-13)9-10-18-15-8-7-14(17)11-16(15)19(20)21/h2-8,11-12,18H,9-10H2,1H3. The van der Waals surface area contributed by atoms with Crippen LogP contribution in [-0.2, 0) is 0 Å². The molecule has 0 amide bonds. The van der Waals surface area contributed by atoms with Crippen LogP contribution in [0.3, 0.4) is 0 Å². The fourth-order valence-corrected chi connectivity index (χ4v) is 2.65. The summed E-state index contributed by atoms with van der Waals surface area (Å²) in [5, 5.41) is 14.2. The normalized spacial score (nSPS) is 11.9. The van der Waals surface area contributed by atoms with E-state index in [4.69, 9.17) is 0 Å². The van der Waals surface area contributed by atoms with E-state index in [1.165, 1.54) is 5.56 Å². The zero-order chi connectivity index (χ0) is 15.2. The van der Waals surface area contributed by atoms with Gasteiger partial charge in [0, 0.05) is 16.2 Å². The third kappa shape index (κ3) is 4.42. The van der Waals surface area contributed by atoms with Gasteiger partial charge in [-0.05, 0) is 52.6 Å². The minimum absolute atomic E-state index is 0.134. The summed E-state index contributed by atoms with van der Waals surface area (Å²) in [6.45, 7) is 2.87. The molecule has 0 fully saturated rings. The highest BCUT2D eigenvalue weighted by atomic mass is 127. The monoisotopic (exact) mass is 396 g/mol. The average molecular weight is 396 g/mol. The first-order valence-electron chi connectivity index (χ1n) is 6.80. The highest BCUT2D eigenvalue weighted by molar-refractivity contribution is 14.1. The molecule has 1 N–H and O–H groups in total. The van der Waals surface area contributed by atoms with Gasteiger partial charge in [-0.15, -0.1) is 0 Å². The van der Waals surface area contributed by atoms with E-state index < -0.39 is 0 Å². The van der Waals surface area contributed by atoms with Gasteiger partial charge in [-0.25, -0.2) is 0 Å². The molecule has 1 atom stereocenters. The summed E-state index contributed by atoms with van der Waals surface area (Å²) in [4.78, 5) is 10.7. The van der Waals surface area contributed by atoms with E-state index in [0.717, 1.165) is 9.99 Å². The number of halogens is 1. The Kier molecular flexibility index (Phi) is 5.55. The number of hydrogen-bond donors (Lipinski definition) is 1. The molecule has 2 aromatic carbocycles. The van der Waals surface area contributed by atoms with Crippen molar-refractivity contribution in [2.75, 3.05) is 11.9 Å². The summed E-state index contributed by atoms with van der Waals surface area (Å²) in [6.07, 6.45) is 0.924. The number of nitro benzene ring substituents is 1. The molecule has 2 aromatic rings. The third-order valence-corrected chi connectivity index (χ3v) is 4.09. The van der Waals surface area contributed by atoms with Crippen molar-refractivity contribution in [2.45, 2.75) is 19.3 Å². The molecule has 4 nitrogen and oxygen atoms in total. The first kappa shape index (κ1) is 15.8. The molecule has 0 radical (unpaired) electrons. The summed E-state index contributed by atoms with van der Waals surface area (Å²) < 4.78 is 0.863. The molecule has 0 aromatic heterocycles. The lowest BCUT2D eigenvalue weighted by Gasteiger charge is -2.13. The van der Waals surface area contributed by atoms with Gasteiger partial charge in [-0.2, -0.15) is 0 Å². The highest BCUT2D eigenvalue weighted by Crippen LogP contribution is 2.27. The van der Waals surface area contributed by atoms with E-state index in [-0.39, 0.29) is 10.6 Å². The Bertz CT molecular complexity index is 617. The van der Waals surface area contributed by atoms with E-state index in [1.807, 2.05) is 24.3 Å². The predicted molar refractivity (Wildman–Crippen MR) is 93.8 cm³/mol. The molecule has 2 rings (SSSR count). The molecule has 0 spiro atoms. The smallest absolute Gasteiger partial charge is 0.293 e. The molecule has 5 heteroatoms. The van der Waals surface area contributed by atoms with Crippen LogP contribution in [0.4, 0.5) is 11.4 Å². The Morgan fingerprint density at radius 1 is 1.24 bits per heavy atom. The molecule has 0 heterocycles. The quantitative estimate of drug-likeness (QED) is 0.433. The van der Waals surface area contributed by atoms with Gasteiger partial charge in [0.15, 0.2) is 0 Å². The van der Waals surface area contributed by atoms with E-state index in [2.05, 4.69) is 47.0 Å². The number of benzene rings is 2. The van der Waals surface area contributed by atoms with Gasteiger partial charge >= 0.3 is 0 Å². The fourth-order valence-electron chi connectivity index (χ4n) is 2.18. The first-order chi connectivity index (χ1) is 10.1. The minimum atomic E-state index is -0.342. The maximum absolute atomic E-state index is 11.1. The maximum Gasteiger partial charge on any atom is 0.293 e. The molecule has 0 bridgehead atoms. The maximum atomic E-state index is 11.1.